The quantitative estimate of drug-likeness (QED) is 0.393. The topological polar surface area (TPSA) is 160 Å². The molecule has 6 N–H and O–H groups in total. The van der Waals surface area contributed by atoms with Gasteiger partial charge in [0.15, 0.2) is 17.7 Å². The molecule has 11 heteroatoms. The number of aromatic nitrogens is 4. The fourth-order valence-corrected chi connectivity index (χ4v) is 2.58. The Labute approximate surface area is 128 Å². The third kappa shape index (κ3) is 2.29. The van der Waals surface area contributed by atoms with Gasteiger partial charge in [0.25, 0.3) is 0 Å². The van der Waals surface area contributed by atoms with Crippen molar-refractivity contribution in [1.82, 2.24) is 19.5 Å². The molecule has 0 amide bonds. The summed E-state index contributed by atoms with van der Waals surface area (Å²) in [4.78, 5) is 11.8. The minimum Gasteiger partial charge on any atom is -0.394 e. The van der Waals surface area contributed by atoms with E-state index in [2.05, 4.69) is 15.0 Å². The van der Waals surface area contributed by atoms with Gasteiger partial charge < -0.3 is 30.9 Å². The van der Waals surface area contributed by atoms with Crippen LogP contribution in [0.3, 0.4) is 0 Å². The second-order valence-electron chi connectivity index (χ2n) is 4.92. The van der Waals surface area contributed by atoms with Crippen LogP contribution in [0.25, 0.3) is 11.2 Å². The molecule has 0 aliphatic carbocycles. The van der Waals surface area contributed by atoms with Crippen molar-refractivity contribution in [3.05, 3.63) is 11.6 Å². The van der Waals surface area contributed by atoms with E-state index in [9.17, 15) is 20.4 Å². The summed E-state index contributed by atoms with van der Waals surface area (Å²) in [7, 11) is 0. The van der Waals surface area contributed by atoms with Gasteiger partial charge in [-0.25, -0.2) is 4.98 Å². The first kappa shape index (κ1) is 15.3. The van der Waals surface area contributed by atoms with Crippen molar-refractivity contribution >= 4 is 28.6 Å². The number of hydrogen-bond acceptors (Lipinski definition) is 9. The van der Waals surface area contributed by atoms with Crippen LogP contribution < -0.4 is 5.73 Å². The van der Waals surface area contributed by atoms with Gasteiger partial charge in [0.05, 0.1) is 12.9 Å². The van der Waals surface area contributed by atoms with Crippen molar-refractivity contribution in [2.75, 3.05) is 12.3 Å². The van der Waals surface area contributed by atoms with E-state index >= 15 is 0 Å². The highest BCUT2D eigenvalue weighted by Crippen LogP contribution is 2.31. The predicted octanol–water partition coefficient (Wildman–Crippen LogP) is -1.97. The van der Waals surface area contributed by atoms with E-state index in [0.717, 1.165) is 0 Å². The zero-order valence-electron chi connectivity index (χ0n) is 11.1. The Balaban J connectivity index is 2.06. The number of ether oxygens (including phenoxy) is 1. The minimum absolute atomic E-state index is 0.0540. The molecule has 22 heavy (non-hydrogen) atoms. The van der Waals surface area contributed by atoms with Crippen LogP contribution in [0, 0.1) is 0 Å². The maximum atomic E-state index is 10.1. The Hall–Kier alpha value is -1.56. The molecule has 0 radical (unpaired) electrons. The fraction of sp³-hybridized carbons (Fsp3) is 0.545. The Morgan fingerprint density at radius 2 is 1.95 bits per heavy atom. The summed E-state index contributed by atoms with van der Waals surface area (Å²) in [6.07, 6.45) is -5.32. The largest absolute Gasteiger partial charge is 0.394 e. The Morgan fingerprint density at radius 1 is 1.23 bits per heavy atom. The summed E-state index contributed by atoms with van der Waals surface area (Å²) in [5.74, 6) is 0.0540. The van der Waals surface area contributed by atoms with E-state index in [4.69, 9.17) is 22.1 Å². The van der Waals surface area contributed by atoms with Gasteiger partial charge in [-0.2, -0.15) is 9.97 Å². The van der Waals surface area contributed by atoms with Crippen molar-refractivity contribution in [3.8, 4) is 0 Å². The molecule has 3 heterocycles. The third-order valence-corrected chi connectivity index (χ3v) is 3.73. The lowest BCUT2D eigenvalue weighted by molar-refractivity contribution is -0.250. The average Bonchev–Trinajstić information content (AvgIpc) is 2.89. The van der Waals surface area contributed by atoms with E-state index in [0.29, 0.717) is 0 Å². The second kappa shape index (κ2) is 5.57. The highest BCUT2D eigenvalue weighted by atomic mass is 35.5. The van der Waals surface area contributed by atoms with Crippen LogP contribution in [-0.2, 0) is 4.74 Å². The number of fused-ring (bicyclic) bond motifs is 1. The highest BCUT2D eigenvalue weighted by Gasteiger charge is 2.44. The summed E-state index contributed by atoms with van der Waals surface area (Å²) in [5.41, 5.74) is 6.14. The van der Waals surface area contributed by atoms with E-state index < -0.39 is 37.3 Å². The van der Waals surface area contributed by atoms with Crippen LogP contribution in [0.4, 0.5) is 5.82 Å². The van der Waals surface area contributed by atoms with Crippen molar-refractivity contribution < 1.29 is 25.2 Å². The Morgan fingerprint density at radius 3 is 2.64 bits per heavy atom. The van der Waals surface area contributed by atoms with Gasteiger partial charge >= 0.3 is 0 Å². The molecule has 0 bridgehead atoms. The number of nitrogens with zero attached hydrogens (tertiary/aromatic N) is 4. The number of aliphatic hydroxyl groups excluding tert-OH is 4. The van der Waals surface area contributed by atoms with Gasteiger partial charge in [0.1, 0.15) is 29.9 Å². The van der Waals surface area contributed by atoms with E-state index in [1.807, 2.05) is 0 Å². The lowest BCUT2D eigenvalue weighted by atomic mass is 9.98. The first-order valence-electron chi connectivity index (χ1n) is 6.40. The van der Waals surface area contributed by atoms with Crippen LogP contribution >= 0.6 is 11.6 Å². The molecule has 2 aromatic heterocycles. The first-order valence-corrected chi connectivity index (χ1v) is 6.78. The smallest absolute Gasteiger partial charge is 0.226 e. The van der Waals surface area contributed by atoms with Gasteiger partial charge in [0.2, 0.25) is 5.28 Å². The summed E-state index contributed by atoms with van der Waals surface area (Å²) in [5, 5.41) is 38.8. The van der Waals surface area contributed by atoms with E-state index in [1.165, 1.54) is 10.9 Å². The van der Waals surface area contributed by atoms with Gasteiger partial charge in [-0.15, -0.1) is 0 Å². The van der Waals surface area contributed by atoms with Crippen LogP contribution in [0.5, 0.6) is 0 Å². The normalized spacial score (nSPS) is 32.5. The number of imidazole rings is 1. The average molecular weight is 332 g/mol. The lowest BCUT2D eigenvalue weighted by Crippen LogP contribution is -2.56. The number of nitrogen functional groups attached to an aromatic ring is 1. The van der Waals surface area contributed by atoms with Crippen molar-refractivity contribution in [1.29, 1.82) is 0 Å². The number of anilines is 1. The molecule has 1 aliphatic rings. The molecule has 0 spiro atoms. The minimum atomic E-state index is -1.51. The van der Waals surface area contributed by atoms with Gasteiger partial charge in [-0.1, -0.05) is 0 Å². The van der Waals surface area contributed by atoms with Gasteiger partial charge in [-0.05, 0) is 11.6 Å². The molecule has 1 fully saturated rings. The van der Waals surface area contributed by atoms with Crippen molar-refractivity contribution in [2.24, 2.45) is 0 Å². The standard InChI is InChI=1S/C11H14ClN5O5/c12-11-15-8(13)4-9(16-11)17(2-14-4)10-7(21)6(20)5(19)3(1-18)22-10/h2-3,5-7,10,18-21H,1H2,(H2,13,15,16)/t3-,5-,6+,7-,10-/m1/s1. The Kier molecular flexibility index (Phi) is 3.89. The predicted molar refractivity (Wildman–Crippen MR) is 73.8 cm³/mol. The highest BCUT2D eigenvalue weighted by molar-refractivity contribution is 6.28. The maximum absolute atomic E-state index is 10.1. The third-order valence-electron chi connectivity index (χ3n) is 3.56. The summed E-state index contributed by atoms with van der Waals surface area (Å²) < 4.78 is 6.74. The molecule has 1 aliphatic heterocycles. The number of nitrogens with two attached hydrogens (primary N) is 1. The second-order valence-corrected chi connectivity index (χ2v) is 5.26. The van der Waals surface area contributed by atoms with Crippen molar-refractivity contribution in [2.45, 2.75) is 30.6 Å². The van der Waals surface area contributed by atoms with Crippen LogP contribution in [0.1, 0.15) is 6.23 Å². The van der Waals surface area contributed by atoms with Gasteiger partial charge in [0, 0.05) is 0 Å². The number of aliphatic hydroxyl groups is 4. The van der Waals surface area contributed by atoms with Crippen LogP contribution in [0.2, 0.25) is 5.28 Å². The molecule has 2 aromatic rings. The monoisotopic (exact) mass is 331 g/mol. The van der Waals surface area contributed by atoms with Crippen LogP contribution in [-0.4, -0.2) is 71.0 Å². The molecule has 3 rings (SSSR count). The molecule has 5 atom stereocenters. The molecule has 120 valence electrons. The van der Waals surface area contributed by atoms with Crippen LogP contribution in [0.15, 0.2) is 6.33 Å². The SMILES string of the molecule is Nc1nc(Cl)nc2c1ncn2[C@@H]1O[C@H](CO)[C@@H](O)[C@H](O)[C@H]1O. The number of rotatable bonds is 2. The molecule has 10 nitrogen and oxygen atoms in total. The molecular formula is C11H14ClN5O5. The fourth-order valence-electron chi connectivity index (χ4n) is 2.41. The summed E-state index contributed by atoms with van der Waals surface area (Å²) >= 11 is 5.76. The molecule has 0 unspecified atom stereocenters. The number of hydrogen-bond donors (Lipinski definition) is 5. The maximum Gasteiger partial charge on any atom is 0.226 e. The van der Waals surface area contributed by atoms with E-state index in [1.54, 1.807) is 0 Å². The Bertz CT molecular complexity index is 695. The lowest BCUT2D eigenvalue weighted by Gasteiger charge is -2.40. The first-order chi connectivity index (χ1) is 10.4. The number of halogens is 1. The van der Waals surface area contributed by atoms with Crippen molar-refractivity contribution in [3.63, 3.8) is 0 Å². The molecule has 0 saturated carbocycles. The zero-order chi connectivity index (χ0) is 16.0. The summed E-state index contributed by atoms with van der Waals surface area (Å²) in [6, 6.07) is 0. The molecular weight excluding hydrogens is 318 g/mol. The molecule has 0 aromatic carbocycles. The van der Waals surface area contributed by atoms with Gasteiger partial charge in [-0.3, -0.25) is 4.57 Å². The zero-order valence-corrected chi connectivity index (χ0v) is 11.9. The summed E-state index contributed by atoms with van der Waals surface area (Å²) in [6.45, 7) is -0.536. The molecule has 1 saturated heterocycles. The van der Waals surface area contributed by atoms with E-state index in [-0.39, 0.29) is 22.3 Å².